The molecule has 1 aromatic carbocycles. The molecule has 1 aliphatic carbocycles. The molecule has 0 saturated heterocycles. The zero-order chi connectivity index (χ0) is 22.7. The number of hydrogen-bond donors (Lipinski definition) is 2. The van der Waals surface area contributed by atoms with Crippen LogP contribution in [0.2, 0.25) is 0 Å². The number of benzene rings is 1. The molecule has 1 aliphatic rings. The maximum atomic E-state index is 9.16. The Morgan fingerprint density at radius 3 is 2.85 bits per heavy atom. The highest BCUT2D eigenvalue weighted by Gasteiger charge is 2.15. The monoisotopic (exact) mass is 441 g/mol. The van der Waals surface area contributed by atoms with E-state index in [1.54, 1.807) is 17.2 Å². The van der Waals surface area contributed by atoms with E-state index in [1.807, 2.05) is 30.6 Å². The van der Waals surface area contributed by atoms with Crippen molar-refractivity contribution in [3.63, 3.8) is 0 Å². The number of anilines is 1. The Morgan fingerprint density at radius 2 is 2.09 bits per heavy atom. The SMILES string of the molecule is N#CNC(=NC1CCCC1)Nc1cccc(C(=CCCCn2cnnn2)c2cccnc2)c1. The molecule has 3 aromatic rings. The summed E-state index contributed by atoms with van der Waals surface area (Å²) >= 11 is 0. The third-order valence-electron chi connectivity index (χ3n) is 5.55. The minimum absolute atomic E-state index is 0.266. The van der Waals surface area contributed by atoms with Gasteiger partial charge in [0.1, 0.15) is 6.33 Å². The topological polar surface area (TPSA) is 117 Å². The third-order valence-corrected chi connectivity index (χ3v) is 5.55. The molecule has 33 heavy (non-hydrogen) atoms. The molecule has 2 heterocycles. The lowest BCUT2D eigenvalue weighted by atomic mass is 9.97. The number of rotatable bonds is 8. The molecule has 0 atom stereocenters. The van der Waals surface area contributed by atoms with Crippen LogP contribution in [0, 0.1) is 11.5 Å². The molecule has 2 aromatic heterocycles. The van der Waals surface area contributed by atoms with Crippen LogP contribution in [0.5, 0.6) is 0 Å². The first-order valence-electron chi connectivity index (χ1n) is 11.2. The summed E-state index contributed by atoms with van der Waals surface area (Å²) in [5, 5.41) is 26.4. The summed E-state index contributed by atoms with van der Waals surface area (Å²) in [6.45, 7) is 0.756. The van der Waals surface area contributed by atoms with Gasteiger partial charge in [-0.15, -0.1) is 5.10 Å². The van der Waals surface area contributed by atoms with Gasteiger partial charge in [-0.2, -0.15) is 5.26 Å². The highest BCUT2D eigenvalue weighted by molar-refractivity contribution is 5.95. The maximum Gasteiger partial charge on any atom is 0.209 e. The zero-order valence-corrected chi connectivity index (χ0v) is 18.4. The van der Waals surface area contributed by atoms with E-state index < -0.39 is 0 Å². The van der Waals surface area contributed by atoms with Gasteiger partial charge in [0.2, 0.25) is 5.96 Å². The summed E-state index contributed by atoms with van der Waals surface area (Å²) in [7, 11) is 0. The van der Waals surface area contributed by atoms with Crippen LogP contribution >= 0.6 is 0 Å². The van der Waals surface area contributed by atoms with Gasteiger partial charge in [0.15, 0.2) is 6.19 Å². The zero-order valence-electron chi connectivity index (χ0n) is 18.4. The second-order valence-electron chi connectivity index (χ2n) is 7.93. The summed E-state index contributed by atoms with van der Waals surface area (Å²) in [4.78, 5) is 9.01. The number of hydrogen-bond acceptors (Lipinski definition) is 6. The Morgan fingerprint density at radius 1 is 1.21 bits per heavy atom. The molecule has 9 nitrogen and oxygen atoms in total. The number of aliphatic imine (C=N–C) groups is 1. The van der Waals surface area contributed by atoms with Crippen LogP contribution in [-0.2, 0) is 6.54 Å². The van der Waals surface area contributed by atoms with Crippen LogP contribution in [0.3, 0.4) is 0 Å². The van der Waals surface area contributed by atoms with Crippen LogP contribution in [0.25, 0.3) is 5.57 Å². The van der Waals surface area contributed by atoms with Gasteiger partial charge in [-0.25, -0.2) is 9.67 Å². The van der Waals surface area contributed by atoms with Gasteiger partial charge in [0.05, 0.1) is 6.04 Å². The Bertz CT molecular complexity index is 1110. The van der Waals surface area contributed by atoms with Crippen LogP contribution in [0.4, 0.5) is 5.69 Å². The highest BCUT2D eigenvalue weighted by atomic mass is 15.5. The molecule has 1 fully saturated rings. The Kier molecular flexibility index (Phi) is 7.74. The number of pyridine rings is 1. The normalized spacial score (nSPS) is 14.8. The first-order chi connectivity index (χ1) is 16.3. The van der Waals surface area contributed by atoms with E-state index in [2.05, 4.69) is 55.4 Å². The van der Waals surface area contributed by atoms with Crippen molar-refractivity contribution in [3.05, 3.63) is 72.3 Å². The number of nitrogens with one attached hydrogen (secondary N) is 2. The van der Waals surface area contributed by atoms with Crippen molar-refractivity contribution < 1.29 is 0 Å². The first-order valence-corrected chi connectivity index (χ1v) is 11.2. The standard InChI is InChI=1S/C24H27N9/c25-17-27-24(29-21-9-1-2-10-21)30-22-11-5-7-19(15-22)23(20-8-6-13-26-16-20)12-3-4-14-33-18-28-31-32-33/h5-8,11-13,15-16,18,21H,1-4,9-10,14H2,(H2,27,29,30). The quantitative estimate of drug-likeness (QED) is 0.180. The van der Waals surface area contributed by atoms with Crippen molar-refractivity contribution >= 4 is 17.2 Å². The van der Waals surface area contributed by atoms with Crippen molar-refractivity contribution in [1.29, 1.82) is 5.26 Å². The molecule has 0 radical (unpaired) electrons. The van der Waals surface area contributed by atoms with Gasteiger partial charge in [-0.05, 0) is 65.4 Å². The average molecular weight is 442 g/mol. The lowest BCUT2D eigenvalue weighted by molar-refractivity contribution is 0.563. The molecule has 4 rings (SSSR count). The molecule has 9 heteroatoms. The second kappa shape index (κ2) is 11.5. The third kappa shape index (κ3) is 6.46. The summed E-state index contributed by atoms with van der Waals surface area (Å²) in [6, 6.07) is 12.4. The van der Waals surface area contributed by atoms with Crippen molar-refractivity contribution in [2.45, 2.75) is 51.1 Å². The number of nitriles is 1. The Balaban J connectivity index is 1.53. The van der Waals surface area contributed by atoms with Gasteiger partial charge in [0, 0.05) is 30.2 Å². The Hall–Kier alpha value is -4.06. The fraction of sp³-hybridized carbons (Fsp3) is 0.333. The van der Waals surface area contributed by atoms with Crippen molar-refractivity contribution in [1.82, 2.24) is 30.5 Å². The maximum absolute atomic E-state index is 9.16. The fourth-order valence-corrected chi connectivity index (χ4v) is 3.97. The van der Waals surface area contributed by atoms with Gasteiger partial charge in [-0.3, -0.25) is 10.3 Å². The molecule has 1 saturated carbocycles. The largest absolute Gasteiger partial charge is 0.326 e. The summed E-state index contributed by atoms with van der Waals surface area (Å²) in [5.41, 5.74) is 4.08. The number of aryl methyl sites for hydroxylation is 1. The number of allylic oxidation sites excluding steroid dienone is 1. The summed E-state index contributed by atoms with van der Waals surface area (Å²) < 4.78 is 1.73. The Labute approximate surface area is 193 Å². The van der Waals surface area contributed by atoms with E-state index in [1.165, 1.54) is 12.8 Å². The number of aromatic nitrogens is 5. The van der Waals surface area contributed by atoms with Gasteiger partial charge < -0.3 is 5.32 Å². The van der Waals surface area contributed by atoms with E-state index in [0.717, 1.165) is 54.6 Å². The predicted octanol–water partition coefficient (Wildman–Crippen LogP) is 3.76. The number of guanidine groups is 1. The van der Waals surface area contributed by atoms with Crippen molar-refractivity contribution in [2.75, 3.05) is 5.32 Å². The van der Waals surface area contributed by atoms with Crippen LogP contribution in [0.15, 0.2) is 66.2 Å². The van der Waals surface area contributed by atoms with Crippen LogP contribution in [0.1, 0.15) is 49.7 Å². The molecule has 2 N–H and O–H groups in total. The number of nitrogens with zero attached hydrogens (tertiary/aromatic N) is 7. The second-order valence-corrected chi connectivity index (χ2v) is 7.93. The molecular formula is C24H27N9. The van der Waals surface area contributed by atoms with E-state index in [-0.39, 0.29) is 6.04 Å². The minimum atomic E-state index is 0.266. The van der Waals surface area contributed by atoms with E-state index in [4.69, 9.17) is 10.3 Å². The lowest BCUT2D eigenvalue weighted by Crippen LogP contribution is -2.28. The van der Waals surface area contributed by atoms with Crippen LogP contribution < -0.4 is 10.6 Å². The smallest absolute Gasteiger partial charge is 0.209 e. The molecule has 0 unspecified atom stereocenters. The fourth-order valence-electron chi connectivity index (χ4n) is 3.97. The molecular weight excluding hydrogens is 414 g/mol. The van der Waals surface area contributed by atoms with E-state index in [9.17, 15) is 0 Å². The van der Waals surface area contributed by atoms with Crippen molar-refractivity contribution in [3.8, 4) is 6.19 Å². The predicted molar refractivity (Wildman–Crippen MR) is 127 cm³/mol. The molecule has 168 valence electrons. The number of unbranched alkanes of at least 4 members (excludes halogenated alkanes) is 1. The molecule has 0 spiro atoms. The summed E-state index contributed by atoms with van der Waals surface area (Å²) in [6.07, 6.45) is 15.8. The van der Waals surface area contributed by atoms with E-state index in [0.29, 0.717) is 5.96 Å². The number of tetrazole rings is 1. The highest BCUT2D eigenvalue weighted by Crippen LogP contribution is 2.26. The van der Waals surface area contributed by atoms with Gasteiger partial charge in [-0.1, -0.05) is 37.1 Å². The summed E-state index contributed by atoms with van der Waals surface area (Å²) in [5.74, 6) is 0.495. The molecule has 0 bridgehead atoms. The minimum Gasteiger partial charge on any atom is -0.326 e. The van der Waals surface area contributed by atoms with Crippen LogP contribution in [-0.4, -0.2) is 37.2 Å². The lowest BCUT2D eigenvalue weighted by Gasteiger charge is -2.13. The molecule has 0 amide bonds. The first kappa shape index (κ1) is 22.1. The van der Waals surface area contributed by atoms with Gasteiger partial charge in [0.25, 0.3) is 0 Å². The average Bonchev–Trinajstić information content (AvgIpc) is 3.55. The molecule has 0 aliphatic heterocycles. The van der Waals surface area contributed by atoms with E-state index >= 15 is 0 Å². The van der Waals surface area contributed by atoms with Crippen molar-refractivity contribution in [2.24, 2.45) is 4.99 Å². The van der Waals surface area contributed by atoms with Gasteiger partial charge >= 0.3 is 0 Å².